The van der Waals surface area contributed by atoms with Crippen LogP contribution in [0.2, 0.25) is 0 Å². The molecule has 13 heavy (non-hydrogen) atoms. The van der Waals surface area contributed by atoms with Gasteiger partial charge in [-0.2, -0.15) is 5.10 Å². The maximum absolute atomic E-state index is 5.26. The Hall–Kier alpha value is -1.23. The van der Waals surface area contributed by atoms with Crippen molar-refractivity contribution in [2.75, 3.05) is 0 Å². The summed E-state index contributed by atoms with van der Waals surface area (Å²) < 4.78 is 1.86. The predicted molar refractivity (Wildman–Crippen MR) is 54.4 cm³/mol. The van der Waals surface area contributed by atoms with Crippen molar-refractivity contribution in [3.8, 4) is 12.3 Å². The quantitative estimate of drug-likeness (QED) is 0.597. The van der Waals surface area contributed by atoms with E-state index in [1.165, 1.54) is 0 Å². The average molecular weight is 176 g/mol. The molecule has 1 aromatic rings. The third-order valence-electron chi connectivity index (χ3n) is 2.03. The second-order valence-corrected chi connectivity index (χ2v) is 4.28. The van der Waals surface area contributed by atoms with E-state index in [0.29, 0.717) is 6.42 Å². The molecule has 0 N–H and O–H groups in total. The molecule has 0 fully saturated rings. The molecular formula is C11H16N2. The topological polar surface area (TPSA) is 17.8 Å². The lowest BCUT2D eigenvalue weighted by Gasteiger charge is -2.13. The van der Waals surface area contributed by atoms with Crippen molar-refractivity contribution in [3.63, 3.8) is 0 Å². The first kappa shape index (κ1) is 9.85. The van der Waals surface area contributed by atoms with Gasteiger partial charge in [-0.1, -0.05) is 20.8 Å². The summed E-state index contributed by atoms with van der Waals surface area (Å²) in [6, 6.07) is 2.08. The van der Waals surface area contributed by atoms with Crippen molar-refractivity contribution in [3.05, 3.63) is 17.5 Å². The molecule has 0 amide bonds. The number of aromatic nitrogens is 2. The van der Waals surface area contributed by atoms with E-state index in [9.17, 15) is 0 Å². The van der Waals surface area contributed by atoms with Gasteiger partial charge in [-0.05, 0) is 6.07 Å². The SMILES string of the molecule is C#CCc1cc(C(C)(C)C)nn1C. The molecule has 0 saturated heterocycles. The molecular weight excluding hydrogens is 160 g/mol. The molecule has 1 aromatic heterocycles. The molecule has 0 unspecified atom stereocenters. The first-order valence-electron chi connectivity index (χ1n) is 4.42. The first-order valence-corrected chi connectivity index (χ1v) is 4.42. The van der Waals surface area contributed by atoms with Crippen LogP contribution in [-0.4, -0.2) is 9.78 Å². The Bertz CT molecular complexity index is 334. The van der Waals surface area contributed by atoms with Gasteiger partial charge in [0, 0.05) is 12.5 Å². The summed E-state index contributed by atoms with van der Waals surface area (Å²) in [7, 11) is 1.93. The van der Waals surface area contributed by atoms with Crippen LogP contribution in [0.3, 0.4) is 0 Å². The number of hydrogen-bond acceptors (Lipinski definition) is 1. The lowest BCUT2D eigenvalue weighted by Crippen LogP contribution is -2.12. The zero-order chi connectivity index (χ0) is 10.1. The van der Waals surface area contributed by atoms with Gasteiger partial charge < -0.3 is 0 Å². The Kier molecular flexibility index (Phi) is 2.47. The summed E-state index contributed by atoms with van der Waals surface area (Å²) in [4.78, 5) is 0. The van der Waals surface area contributed by atoms with Crippen LogP contribution >= 0.6 is 0 Å². The second-order valence-electron chi connectivity index (χ2n) is 4.28. The zero-order valence-electron chi connectivity index (χ0n) is 8.76. The van der Waals surface area contributed by atoms with Crippen LogP contribution in [0.25, 0.3) is 0 Å². The Balaban J connectivity index is 3.04. The number of rotatable bonds is 1. The predicted octanol–water partition coefficient (Wildman–Crippen LogP) is 1.89. The van der Waals surface area contributed by atoms with Gasteiger partial charge in [0.05, 0.1) is 17.8 Å². The highest BCUT2D eigenvalue weighted by molar-refractivity contribution is 5.20. The molecule has 70 valence electrons. The van der Waals surface area contributed by atoms with Gasteiger partial charge in [-0.25, -0.2) is 0 Å². The summed E-state index contributed by atoms with van der Waals surface area (Å²) in [5.74, 6) is 2.63. The van der Waals surface area contributed by atoms with E-state index >= 15 is 0 Å². The molecule has 0 aliphatic carbocycles. The van der Waals surface area contributed by atoms with Gasteiger partial charge in [0.1, 0.15) is 0 Å². The fourth-order valence-electron chi connectivity index (χ4n) is 1.14. The lowest BCUT2D eigenvalue weighted by molar-refractivity contribution is 0.552. The van der Waals surface area contributed by atoms with Crippen LogP contribution in [0.4, 0.5) is 0 Å². The number of nitrogens with zero attached hydrogens (tertiary/aromatic N) is 2. The van der Waals surface area contributed by atoms with E-state index in [2.05, 4.69) is 37.9 Å². The highest BCUT2D eigenvalue weighted by atomic mass is 15.3. The standard InChI is InChI=1S/C11H16N2/c1-6-7-9-8-10(11(2,3)4)12-13(9)5/h1,8H,7H2,2-5H3. The second kappa shape index (κ2) is 3.26. The Morgan fingerprint density at radius 1 is 1.54 bits per heavy atom. The molecule has 2 nitrogen and oxygen atoms in total. The van der Waals surface area contributed by atoms with E-state index in [1.807, 2.05) is 11.7 Å². The maximum atomic E-state index is 5.26. The molecule has 1 rings (SSSR count). The van der Waals surface area contributed by atoms with Crippen LogP contribution in [-0.2, 0) is 18.9 Å². The van der Waals surface area contributed by atoms with Crippen LogP contribution in [0.1, 0.15) is 32.2 Å². The first-order chi connectivity index (χ1) is 5.95. The third kappa shape index (κ3) is 2.12. The monoisotopic (exact) mass is 176 g/mol. The van der Waals surface area contributed by atoms with Crippen molar-refractivity contribution in [1.29, 1.82) is 0 Å². The third-order valence-corrected chi connectivity index (χ3v) is 2.03. The van der Waals surface area contributed by atoms with Gasteiger partial charge >= 0.3 is 0 Å². The molecule has 0 aliphatic heterocycles. The molecule has 0 atom stereocenters. The van der Waals surface area contributed by atoms with Crippen molar-refractivity contribution < 1.29 is 0 Å². The van der Waals surface area contributed by atoms with Crippen molar-refractivity contribution >= 4 is 0 Å². The minimum absolute atomic E-state index is 0.102. The Morgan fingerprint density at radius 3 is 2.54 bits per heavy atom. The van der Waals surface area contributed by atoms with E-state index in [4.69, 9.17) is 6.42 Å². The molecule has 0 aromatic carbocycles. The fraction of sp³-hybridized carbons (Fsp3) is 0.545. The highest BCUT2D eigenvalue weighted by Gasteiger charge is 2.18. The van der Waals surface area contributed by atoms with Crippen molar-refractivity contribution in [2.24, 2.45) is 7.05 Å². The lowest BCUT2D eigenvalue weighted by atomic mass is 9.92. The minimum Gasteiger partial charge on any atom is -0.271 e. The van der Waals surface area contributed by atoms with E-state index in [-0.39, 0.29) is 5.41 Å². The van der Waals surface area contributed by atoms with Gasteiger partial charge in [0.15, 0.2) is 0 Å². The van der Waals surface area contributed by atoms with Crippen molar-refractivity contribution in [1.82, 2.24) is 9.78 Å². The van der Waals surface area contributed by atoms with Crippen LogP contribution in [0.15, 0.2) is 6.07 Å². The normalized spacial score (nSPS) is 11.3. The van der Waals surface area contributed by atoms with E-state index in [0.717, 1.165) is 11.4 Å². The van der Waals surface area contributed by atoms with Crippen LogP contribution in [0.5, 0.6) is 0 Å². The molecule has 0 bridgehead atoms. The Labute approximate surface area is 80.0 Å². The average Bonchev–Trinajstić information content (AvgIpc) is 2.32. The fourth-order valence-corrected chi connectivity index (χ4v) is 1.14. The van der Waals surface area contributed by atoms with Gasteiger partial charge in [0.25, 0.3) is 0 Å². The highest BCUT2D eigenvalue weighted by Crippen LogP contribution is 2.21. The zero-order valence-corrected chi connectivity index (χ0v) is 8.76. The largest absolute Gasteiger partial charge is 0.271 e. The molecule has 0 radical (unpaired) electrons. The number of aryl methyl sites for hydroxylation is 1. The van der Waals surface area contributed by atoms with Gasteiger partial charge in [0.2, 0.25) is 0 Å². The molecule has 1 heterocycles. The summed E-state index contributed by atoms with van der Waals surface area (Å²) in [6.45, 7) is 6.44. The maximum Gasteiger partial charge on any atom is 0.0681 e. The molecule has 2 heteroatoms. The molecule has 0 spiro atoms. The summed E-state index contributed by atoms with van der Waals surface area (Å²) in [6.07, 6.45) is 5.91. The molecule has 0 saturated carbocycles. The van der Waals surface area contributed by atoms with Gasteiger partial charge in [-0.15, -0.1) is 12.3 Å². The van der Waals surface area contributed by atoms with Crippen LogP contribution in [0, 0.1) is 12.3 Å². The summed E-state index contributed by atoms with van der Waals surface area (Å²) >= 11 is 0. The van der Waals surface area contributed by atoms with Gasteiger partial charge in [-0.3, -0.25) is 4.68 Å². The molecule has 0 aliphatic rings. The minimum atomic E-state index is 0.102. The summed E-state index contributed by atoms with van der Waals surface area (Å²) in [5, 5.41) is 4.42. The van der Waals surface area contributed by atoms with Crippen LogP contribution < -0.4 is 0 Å². The van der Waals surface area contributed by atoms with Crippen molar-refractivity contribution in [2.45, 2.75) is 32.6 Å². The summed E-state index contributed by atoms with van der Waals surface area (Å²) in [5.41, 5.74) is 2.30. The van der Waals surface area contributed by atoms with E-state index in [1.54, 1.807) is 0 Å². The Morgan fingerprint density at radius 2 is 2.15 bits per heavy atom. The smallest absolute Gasteiger partial charge is 0.0681 e. The number of terminal acetylenes is 1. The van der Waals surface area contributed by atoms with E-state index < -0.39 is 0 Å². The number of hydrogen-bond donors (Lipinski definition) is 0.